The first-order valence-corrected chi connectivity index (χ1v) is 4.57. The van der Waals surface area contributed by atoms with E-state index in [0.29, 0.717) is 0 Å². The molecule has 76 valence electrons. The Morgan fingerprint density at radius 2 is 1.86 bits per heavy atom. The van der Waals surface area contributed by atoms with Crippen molar-refractivity contribution in [1.82, 2.24) is 0 Å². The van der Waals surface area contributed by atoms with Crippen LogP contribution in [0.25, 0.3) is 0 Å². The normalized spacial score (nSPS) is 12.6. The van der Waals surface area contributed by atoms with Gasteiger partial charge in [-0.2, -0.15) is 0 Å². The number of ketones is 1. The molecule has 1 aromatic rings. The zero-order chi connectivity index (χ0) is 10.9. The number of halogens is 4. The molecule has 0 radical (unpaired) electrons. The Morgan fingerprint density at radius 3 is 2.36 bits per heavy atom. The predicted octanol–water partition coefficient (Wildman–Crippen LogP) is 3.43. The molecule has 1 unspecified atom stereocenters. The van der Waals surface area contributed by atoms with Gasteiger partial charge in [-0.25, -0.2) is 8.78 Å². The first-order valence-electron chi connectivity index (χ1n) is 3.76. The summed E-state index contributed by atoms with van der Waals surface area (Å²) in [6, 6.07) is 1.50. The van der Waals surface area contributed by atoms with Gasteiger partial charge in [-0.15, -0.1) is 11.6 Å². The highest BCUT2D eigenvalue weighted by molar-refractivity contribution is 6.38. The number of Topliss-reactive ketones (excluding diaryl/α,β-unsaturated/α-hetero) is 1. The van der Waals surface area contributed by atoms with E-state index in [1.807, 2.05) is 0 Å². The first-order chi connectivity index (χ1) is 6.43. The monoisotopic (exact) mass is 238 g/mol. The van der Waals surface area contributed by atoms with Crippen LogP contribution in [0.15, 0.2) is 12.1 Å². The minimum absolute atomic E-state index is 0.104. The smallest absolute Gasteiger partial charge is 0.181 e. The summed E-state index contributed by atoms with van der Waals surface area (Å²) in [5, 5.41) is -0.959. The molecule has 0 N–H and O–H groups in total. The fourth-order valence-electron chi connectivity index (χ4n) is 0.926. The van der Waals surface area contributed by atoms with Crippen molar-refractivity contribution in [2.24, 2.45) is 0 Å². The van der Waals surface area contributed by atoms with Gasteiger partial charge in [0.25, 0.3) is 0 Å². The highest BCUT2D eigenvalue weighted by atomic mass is 35.5. The first kappa shape index (κ1) is 11.4. The molecule has 0 saturated heterocycles. The summed E-state index contributed by atoms with van der Waals surface area (Å²) in [5.74, 6) is -2.74. The molecule has 0 spiro atoms. The zero-order valence-corrected chi connectivity index (χ0v) is 8.66. The fourth-order valence-corrected chi connectivity index (χ4v) is 1.29. The van der Waals surface area contributed by atoms with E-state index in [0.717, 1.165) is 12.1 Å². The van der Waals surface area contributed by atoms with Crippen molar-refractivity contribution < 1.29 is 13.6 Å². The third-order valence-corrected chi connectivity index (χ3v) is 2.15. The molecule has 0 aliphatic rings. The van der Waals surface area contributed by atoms with Gasteiger partial charge in [0.1, 0.15) is 0 Å². The van der Waals surface area contributed by atoms with Crippen molar-refractivity contribution >= 4 is 29.0 Å². The van der Waals surface area contributed by atoms with E-state index in [9.17, 15) is 13.6 Å². The van der Waals surface area contributed by atoms with Gasteiger partial charge < -0.3 is 0 Å². The lowest BCUT2D eigenvalue weighted by Crippen LogP contribution is -2.11. The highest BCUT2D eigenvalue weighted by Crippen LogP contribution is 2.22. The molecule has 0 aromatic heterocycles. The van der Waals surface area contributed by atoms with Crippen molar-refractivity contribution in [1.29, 1.82) is 0 Å². The third-order valence-electron chi connectivity index (χ3n) is 1.64. The van der Waals surface area contributed by atoms with E-state index in [2.05, 4.69) is 0 Å². The Balaban J connectivity index is 3.22. The quantitative estimate of drug-likeness (QED) is 0.439. The lowest BCUT2D eigenvalue weighted by molar-refractivity contribution is 0.0991. The third kappa shape index (κ3) is 2.22. The molecule has 0 bridgehead atoms. The standard InChI is InChI=1S/C9H6Cl2F2O/c1-4(10)9(14)5-2-7(12)8(13)3-6(5)11/h2-4H,1H3. The lowest BCUT2D eigenvalue weighted by atomic mass is 10.1. The molecule has 5 heteroatoms. The van der Waals surface area contributed by atoms with Crippen molar-refractivity contribution in [2.75, 3.05) is 0 Å². The van der Waals surface area contributed by atoms with Crippen LogP contribution < -0.4 is 0 Å². The van der Waals surface area contributed by atoms with Crippen molar-refractivity contribution in [2.45, 2.75) is 12.3 Å². The second-order valence-electron chi connectivity index (χ2n) is 2.73. The van der Waals surface area contributed by atoms with Gasteiger partial charge in [-0.1, -0.05) is 11.6 Å². The summed E-state index contributed by atoms with van der Waals surface area (Å²) in [4.78, 5) is 11.3. The topological polar surface area (TPSA) is 17.1 Å². The van der Waals surface area contributed by atoms with E-state index >= 15 is 0 Å². The molecular weight excluding hydrogens is 233 g/mol. The van der Waals surface area contributed by atoms with E-state index in [4.69, 9.17) is 23.2 Å². The number of rotatable bonds is 2. The van der Waals surface area contributed by atoms with Gasteiger partial charge in [-0.3, -0.25) is 4.79 Å². The molecule has 0 aliphatic carbocycles. The number of hydrogen-bond acceptors (Lipinski definition) is 1. The zero-order valence-electron chi connectivity index (χ0n) is 7.15. The van der Waals surface area contributed by atoms with Crippen LogP contribution in [-0.2, 0) is 0 Å². The Kier molecular flexibility index (Phi) is 3.45. The average molecular weight is 239 g/mol. The van der Waals surface area contributed by atoms with Gasteiger partial charge in [0.05, 0.1) is 10.4 Å². The van der Waals surface area contributed by atoms with Gasteiger partial charge in [0, 0.05) is 5.56 Å². The molecule has 1 rings (SSSR count). The Bertz CT molecular complexity index is 377. The van der Waals surface area contributed by atoms with Crippen molar-refractivity contribution in [3.63, 3.8) is 0 Å². The van der Waals surface area contributed by atoms with E-state index < -0.39 is 22.8 Å². The Hall–Kier alpha value is -0.670. The molecule has 0 amide bonds. The number of carbonyl (C=O) groups is 1. The number of carbonyl (C=O) groups excluding carboxylic acids is 1. The predicted molar refractivity (Wildman–Crippen MR) is 51.0 cm³/mol. The Morgan fingerprint density at radius 1 is 1.36 bits per heavy atom. The van der Waals surface area contributed by atoms with Crippen LogP contribution in [0.2, 0.25) is 5.02 Å². The number of hydrogen-bond donors (Lipinski definition) is 0. The molecule has 1 atom stereocenters. The molecule has 1 aromatic carbocycles. The SMILES string of the molecule is CC(Cl)C(=O)c1cc(F)c(F)cc1Cl. The van der Waals surface area contributed by atoms with Gasteiger partial charge >= 0.3 is 0 Å². The largest absolute Gasteiger partial charge is 0.292 e. The van der Waals surface area contributed by atoms with E-state index in [1.165, 1.54) is 6.92 Å². The van der Waals surface area contributed by atoms with Gasteiger partial charge in [0.15, 0.2) is 17.4 Å². The van der Waals surface area contributed by atoms with Gasteiger partial charge in [0.2, 0.25) is 0 Å². The van der Waals surface area contributed by atoms with Crippen LogP contribution in [0.4, 0.5) is 8.78 Å². The molecule has 0 aliphatic heterocycles. The minimum Gasteiger partial charge on any atom is -0.292 e. The second kappa shape index (κ2) is 4.24. The average Bonchev–Trinajstić information content (AvgIpc) is 2.10. The number of benzene rings is 1. The molecule has 14 heavy (non-hydrogen) atoms. The molecule has 1 nitrogen and oxygen atoms in total. The summed E-state index contributed by atoms with van der Waals surface area (Å²) in [7, 11) is 0. The summed E-state index contributed by atoms with van der Waals surface area (Å²) < 4.78 is 25.4. The van der Waals surface area contributed by atoms with Crippen LogP contribution in [-0.4, -0.2) is 11.2 Å². The van der Waals surface area contributed by atoms with Crippen LogP contribution in [0.3, 0.4) is 0 Å². The summed E-state index contributed by atoms with van der Waals surface area (Å²) in [6.07, 6.45) is 0. The van der Waals surface area contributed by atoms with Crippen LogP contribution in [0.5, 0.6) is 0 Å². The van der Waals surface area contributed by atoms with Crippen molar-refractivity contribution in [3.05, 3.63) is 34.4 Å². The Labute approximate surface area is 89.6 Å². The fraction of sp³-hybridized carbons (Fsp3) is 0.222. The lowest BCUT2D eigenvalue weighted by Gasteiger charge is -2.05. The van der Waals surface area contributed by atoms with E-state index in [1.54, 1.807) is 0 Å². The molecule has 0 fully saturated rings. The number of alkyl halides is 1. The van der Waals surface area contributed by atoms with Crippen molar-refractivity contribution in [3.8, 4) is 0 Å². The maximum atomic E-state index is 12.8. The van der Waals surface area contributed by atoms with E-state index in [-0.39, 0.29) is 10.6 Å². The van der Waals surface area contributed by atoms with Crippen LogP contribution in [0, 0.1) is 11.6 Å². The van der Waals surface area contributed by atoms with Crippen LogP contribution >= 0.6 is 23.2 Å². The summed E-state index contributed by atoms with van der Waals surface area (Å²) in [5.41, 5.74) is -0.104. The summed E-state index contributed by atoms with van der Waals surface area (Å²) >= 11 is 11.1. The van der Waals surface area contributed by atoms with Gasteiger partial charge in [-0.05, 0) is 19.1 Å². The molecule has 0 heterocycles. The molecular formula is C9H6Cl2F2O. The minimum atomic E-state index is -1.12. The highest BCUT2D eigenvalue weighted by Gasteiger charge is 2.18. The molecule has 0 saturated carbocycles. The maximum absolute atomic E-state index is 12.8. The van der Waals surface area contributed by atoms with Crippen LogP contribution in [0.1, 0.15) is 17.3 Å². The summed E-state index contributed by atoms with van der Waals surface area (Å²) in [6.45, 7) is 1.43. The maximum Gasteiger partial charge on any atom is 0.181 e. The second-order valence-corrected chi connectivity index (χ2v) is 3.79.